The van der Waals surface area contributed by atoms with Crippen LogP contribution in [0.3, 0.4) is 0 Å². The zero-order valence-electron chi connectivity index (χ0n) is 10.8. The van der Waals surface area contributed by atoms with E-state index in [9.17, 15) is 19.2 Å². The molecule has 110 valence electrons. The highest BCUT2D eigenvalue weighted by Crippen LogP contribution is 2.18. The topological polar surface area (TPSA) is 147 Å². The first kappa shape index (κ1) is 15.9. The van der Waals surface area contributed by atoms with Crippen molar-refractivity contribution < 1.29 is 29.4 Å². The third kappa shape index (κ3) is 3.44. The van der Waals surface area contributed by atoms with Crippen molar-refractivity contribution in [2.24, 2.45) is 5.73 Å². The highest BCUT2D eigenvalue weighted by Gasteiger charge is 2.24. The number of nitrogens with one attached hydrogen (secondary N) is 1. The first-order valence-electron chi connectivity index (χ1n) is 5.63. The number of hydrogen-bond donors (Lipinski definition) is 4. The lowest BCUT2D eigenvalue weighted by atomic mass is 9.97. The first-order chi connectivity index (χ1) is 9.79. The summed E-state index contributed by atoms with van der Waals surface area (Å²) in [5.74, 6) is -4.89. The maximum Gasteiger partial charge on any atom is 0.336 e. The summed E-state index contributed by atoms with van der Waals surface area (Å²) in [7, 11) is 0. The van der Waals surface area contributed by atoms with Gasteiger partial charge >= 0.3 is 11.9 Å². The molecule has 21 heavy (non-hydrogen) atoms. The normalized spacial score (nSPS) is 9.71. The Morgan fingerprint density at radius 2 is 1.52 bits per heavy atom. The van der Waals surface area contributed by atoms with Gasteiger partial charge in [-0.25, -0.2) is 9.59 Å². The molecule has 0 heterocycles. The molecule has 1 rings (SSSR count). The molecule has 0 saturated carbocycles. The first-order valence-corrected chi connectivity index (χ1v) is 5.63. The summed E-state index contributed by atoms with van der Waals surface area (Å²) in [5, 5.41) is 20.4. The van der Waals surface area contributed by atoms with Gasteiger partial charge in [0, 0.05) is 6.54 Å². The Labute approximate surface area is 118 Å². The fourth-order valence-electron chi connectivity index (χ4n) is 1.61. The van der Waals surface area contributed by atoms with Crippen LogP contribution in [0, 0.1) is 0 Å². The van der Waals surface area contributed by atoms with E-state index in [0.29, 0.717) is 0 Å². The van der Waals surface area contributed by atoms with Crippen LogP contribution in [-0.2, 0) is 0 Å². The van der Waals surface area contributed by atoms with Crippen molar-refractivity contribution in [2.75, 3.05) is 6.54 Å². The van der Waals surface area contributed by atoms with Crippen LogP contribution in [0.4, 0.5) is 0 Å². The Morgan fingerprint density at radius 3 is 1.95 bits per heavy atom. The molecular weight excluding hydrogens is 280 g/mol. The van der Waals surface area contributed by atoms with Crippen LogP contribution in [0.25, 0.3) is 0 Å². The number of carbonyl (C=O) groups excluding carboxylic acids is 2. The number of primary amides is 1. The van der Waals surface area contributed by atoms with Gasteiger partial charge in [0.15, 0.2) is 0 Å². The summed E-state index contributed by atoms with van der Waals surface area (Å²) < 4.78 is 0. The second-order valence-electron chi connectivity index (χ2n) is 3.92. The van der Waals surface area contributed by atoms with Gasteiger partial charge in [0.05, 0.1) is 22.3 Å². The zero-order chi connectivity index (χ0) is 16.2. The number of aromatic carboxylic acids is 2. The number of rotatable bonds is 6. The minimum atomic E-state index is -1.52. The van der Waals surface area contributed by atoms with E-state index in [4.69, 9.17) is 15.9 Å². The van der Waals surface area contributed by atoms with E-state index in [-0.39, 0.29) is 12.1 Å². The molecule has 0 aliphatic carbocycles. The molecule has 0 bridgehead atoms. The summed E-state index contributed by atoms with van der Waals surface area (Å²) in [6, 6.07) is 1.58. The summed E-state index contributed by atoms with van der Waals surface area (Å²) in [4.78, 5) is 45.3. The summed E-state index contributed by atoms with van der Waals surface area (Å²) >= 11 is 0. The van der Waals surface area contributed by atoms with E-state index in [1.165, 1.54) is 6.08 Å². The van der Waals surface area contributed by atoms with Crippen molar-refractivity contribution in [3.05, 3.63) is 47.0 Å². The van der Waals surface area contributed by atoms with Crippen molar-refractivity contribution in [1.82, 2.24) is 5.32 Å². The van der Waals surface area contributed by atoms with Crippen LogP contribution < -0.4 is 11.1 Å². The maximum atomic E-state index is 11.9. The molecule has 5 N–H and O–H groups in total. The molecule has 0 unspecified atom stereocenters. The van der Waals surface area contributed by atoms with E-state index in [2.05, 4.69) is 11.9 Å². The van der Waals surface area contributed by atoms with Gasteiger partial charge in [-0.3, -0.25) is 9.59 Å². The average Bonchev–Trinajstić information content (AvgIpc) is 2.42. The lowest BCUT2D eigenvalue weighted by Gasteiger charge is -2.10. The van der Waals surface area contributed by atoms with E-state index in [0.717, 1.165) is 12.1 Å². The van der Waals surface area contributed by atoms with E-state index in [1.807, 2.05) is 0 Å². The van der Waals surface area contributed by atoms with Gasteiger partial charge in [0.2, 0.25) is 5.91 Å². The van der Waals surface area contributed by atoms with E-state index < -0.39 is 40.4 Å². The zero-order valence-corrected chi connectivity index (χ0v) is 10.8. The van der Waals surface area contributed by atoms with Crippen molar-refractivity contribution in [1.29, 1.82) is 0 Å². The van der Waals surface area contributed by atoms with Gasteiger partial charge in [-0.05, 0) is 12.1 Å². The SMILES string of the molecule is C=CCNC(=O)c1cc(C(N)=O)c(C(=O)O)cc1C(=O)O. The molecule has 0 saturated heterocycles. The third-order valence-electron chi connectivity index (χ3n) is 2.54. The molecule has 0 radical (unpaired) electrons. The molecule has 0 aromatic heterocycles. The lowest BCUT2D eigenvalue weighted by Crippen LogP contribution is -2.27. The standard InChI is InChI=1S/C13H12N2O6/c1-2-3-15-11(17)7-4-6(10(14)16)8(12(18)19)5-9(7)13(20)21/h2,4-5H,1,3H2,(H2,14,16)(H,15,17)(H,18,19)(H,20,21). The number of amides is 2. The number of carboxylic acid groups (broad SMARTS) is 2. The van der Waals surface area contributed by atoms with E-state index >= 15 is 0 Å². The Balaban J connectivity index is 3.54. The minimum absolute atomic E-state index is 0.0739. The summed E-state index contributed by atoms with van der Waals surface area (Å²) in [5.41, 5.74) is 3.12. The van der Waals surface area contributed by atoms with Gasteiger partial charge in [0.1, 0.15) is 0 Å². The predicted molar refractivity (Wildman–Crippen MR) is 71.4 cm³/mol. The van der Waals surface area contributed by atoms with Crippen LogP contribution in [0.2, 0.25) is 0 Å². The van der Waals surface area contributed by atoms with Crippen LogP contribution >= 0.6 is 0 Å². The van der Waals surface area contributed by atoms with Gasteiger partial charge in [-0.15, -0.1) is 6.58 Å². The van der Waals surface area contributed by atoms with Crippen LogP contribution in [-0.4, -0.2) is 40.5 Å². The molecule has 0 atom stereocenters. The number of carbonyl (C=O) groups is 4. The Morgan fingerprint density at radius 1 is 1.05 bits per heavy atom. The van der Waals surface area contributed by atoms with Crippen LogP contribution in [0.15, 0.2) is 24.8 Å². The second-order valence-corrected chi connectivity index (χ2v) is 3.92. The molecule has 0 aliphatic rings. The minimum Gasteiger partial charge on any atom is -0.478 e. The maximum absolute atomic E-state index is 11.9. The highest BCUT2D eigenvalue weighted by atomic mass is 16.4. The van der Waals surface area contributed by atoms with Gasteiger partial charge in [-0.1, -0.05) is 6.08 Å². The van der Waals surface area contributed by atoms with Crippen molar-refractivity contribution in [2.45, 2.75) is 0 Å². The molecule has 8 nitrogen and oxygen atoms in total. The molecule has 1 aromatic rings. The predicted octanol–water partition coefficient (Wildman–Crippen LogP) is 0.0977. The largest absolute Gasteiger partial charge is 0.478 e. The van der Waals surface area contributed by atoms with Crippen molar-refractivity contribution in [3.8, 4) is 0 Å². The van der Waals surface area contributed by atoms with Gasteiger partial charge < -0.3 is 21.3 Å². The molecule has 0 spiro atoms. The lowest BCUT2D eigenvalue weighted by molar-refractivity contribution is 0.0688. The summed E-state index contributed by atoms with van der Waals surface area (Å²) in [6.07, 6.45) is 1.37. The number of benzene rings is 1. The quantitative estimate of drug-likeness (QED) is 0.546. The van der Waals surface area contributed by atoms with Crippen LogP contribution in [0.1, 0.15) is 41.4 Å². The molecular formula is C13H12N2O6. The molecule has 0 aliphatic heterocycles. The second kappa shape index (κ2) is 6.33. The van der Waals surface area contributed by atoms with Crippen molar-refractivity contribution in [3.63, 3.8) is 0 Å². The van der Waals surface area contributed by atoms with Crippen LogP contribution in [0.5, 0.6) is 0 Å². The van der Waals surface area contributed by atoms with Gasteiger partial charge in [0.25, 0.3) is 5.91 Å². The molecule has 0 fully saturated rings. The molecule has 2 amide bonds. The third-order valence-corrected chi connectivity index (χ3v) is 2.54. The smallest absolute Gasteiger partial charge is 0.336 e. The van der Waals surface area contributed by atoms with E-state index in [1.54, 1.807) is 0 Å². The fraction of sp³-hybridized carbons (Fsp3) is 0.0769. The average molecular weight is 292 g/mol. The monoisotopic (exact) mass is 292 g/mol. The number of carboxylic acids is 2. The highest BCUT2D eigenvalue weighted by molar-refractivity contribution is 6.11. The summed E-state index contributed by atoms with van der Waals surface area (Å²) in [6.45, 7) is 3.46. The molecule has 8 heteroatoms. The number of hydrogen-bond acceptors (Lipinski definition) is 4. The Kier molecular flexibility index (Phi) is 4.79. The fourth-order valence-corrected chi connectivity index (χ4v) is 1.61. The van der Waals surface area contributed by atoms with Gasteiger partial charge in [-0.2, -0.15) is 0 Å². The van der Waals surface area contributed by atoms with Crippen molar-refractivity contribution >= 4 is 23.8 Å². The Bertz CT molecular complexity index is 650. The molecule has 1 aromatic carbocycles. The Hall–Kier alpha value is -3.16. The number of nitrogens with two attached hydrogens (primary N) is 1.